The van der Waals surface area contributed by atoms with Crippen LogP contribution in [0.3, 0.4) is 0 Å². The molecule has 98 valence electrons. The molecule has 0 fully saturated rings. The first-order chi connectivity index (χ1) is 8.76. The van der Waals surface area contributed by atoms with E-state index < -0.39 is 0 Å². The van der Waals surface area contributed by atoms with Gasteiger partial charge in [0, 0.05) is 24.3 Å². The van der Waals surface area contributed by atoms with Crippen molar-refractivity contribution in [1.29, 1.82) is 0 Å². The average Bonchev–Trinajstić information content (AvgIpc) is 2.40. The summed E-state index contributed by atoms with van der Waals surface area (Å²) in [6.45, 7) is 2.42. The molecule has 18 heavy (non-hydrogen) atoms. The Balaban J connectivity index is 2.39. The van der Waals surface area contributed by atoms with Crippen molar-refractivity contribution in [3.63, 3.8) is 0 Å². The highest BCUT2D eigenvalue weighted by atomic mass is 32.2. The van der Waals surface area contributed by atoms with Crippen LogP contribution < -0.4 is 0 Å². The summed E-state index contributed by atoms with van der Waals surface area (Å²) >= 11 is 1.84. The van der Waals surface area contributed by atoms with Gasteiger partial charge in [-0.15, -0.1) is 0 Å². The molecule has 3 heteroatoms. The SMILES string of the molecule is CC(CO)CSCc1ccc(C#CCCO)cc1. The molecule has 1 aromatic carbocycles. The minimum atomic E-state index is 0.116. The van der Waals surface area contributed by atoms with Crippen LogP contribution in [0.5, 0.6) is 0 Å². The lowest BCUT2D eigenvalue weighted by molar-refractivity contribution is 0.250. The largest absolute Gasteiger partial charge is 0.396 e. The van der Waals surface area contributed by atoms with E-state index >= 15 is 0 Å². The lowest BCUT2D eigenvalue weighted by Crippen LogP contribution is -2.03. The Morgan fingerprint density at radius 1 is 1.22 bits per heavy atom. The second-order valence-corrected chi connectivity index (χ2v) is 5.31. The zero-order valence-corrected chi connectivity index (χ0v) is 11.5. The minimum absolute atomic E-state index is 0.116. The monoisotopic (exact) mass is 264 g/mol. The first-order valence-corrected chi connectivity index (χ1v) is 7.29. The number of aliphatic hydroxyl groups excluding tert-OH is 2. The van der Waals surface area contributed by atoms with Gasteiger partial charge >= 0.3 is 0 Å². The third kappa shape index (κ3) is 6.11. The van der Waals surface area contributed by atoms with Gasteiger partial charge in [0.25, 0.3) is 0 Å². The van der Waals surface area contributed by atoms with Gasteiger partial charge in [-0.2, -0.15) is 11.8 Å². The zero-order chi connectivity index (χ0) is 13.2. The maximum atomic E-state index is 8.92. The number of rotatable bonds is 6. The second-order valence-electron chi connectivity index (χ2n) is 4.28. The number of hydrogen-bond acceptors (Lipinski definition) is 3. The molecule has 0 radical (unpaired) electrons. The lowest BCUT2D eigenvalue weighted by Gasteiger charge is -2.07. The van der Waals surface area contributed by atoms with Gasteiger partial charge in [-0.1, -0.05) is 30.9 Å². The van der Waals surface area contributed by atoms with Gasteiger partial charge in [-0.05, 0) is 29.4 Å². The summed E-state index contributed by atoms with van der Waals surface area (Å²) in [6.07, 6.45) is 0.524. The molecule has 0 aliphatic rings. The molecular weight excluding hydrogens is 244 g/mol. The molecule has 0 amide bonds. The molecule has 0 spiro atoms. The van der Waals surface area contributed by atoms with Gasteiger partial charge in [0.15, 0.2) is 0 Å². The van der Waals surface area contributed by atoms with Crippen LogP contribution in [0, 0.1) is 17.8 Å². The van der Waals surface area contributed by atoms with E-state index in [0.29, 0.717) is 12.3 Å². The minimum Gasteiger partial charge on any atom is -0.396 e. The van der Waals surface area contributed by atoms with Crippen LogP contribution in [0.2, 0.25) is 0 Å². The van der Waals surface area contributed by atoms with Crippen molar-refractivity contribution in [3.05, 3.63) is 35.4 Å². The summed E-state index contributed by atoms with van der Waals surface area (Å²) in [5, 5.41) is 17.6. The molecule has 0 aromatic heterocycles. The Hall–Kier alpha value is -0.950. The molecule has 0 aliphatic heterocycles. The summed E-state index contributed by atoms with van der Waals surface area (Å²) in [5.74, 6) is 8.22. The van der Waals surface area contributed by atoms with Gasteiger partial charge in [0.05, 0.1) is 6.61 Å². The third-order valence-corrected chi connectivity index (χ3v) is 3.75. The number of benzene rings is 1. The van der Waals surface area contributed by atoms with E-state index in [1.54, 1.807) is 0 Å². The van der Waals surface area contributed by atoms with E-state index in [1.807, 2.05) is 30.8 Å². The fourth-order valence-corrected chi connectivity index (χ4v) is 2.39. The molecule has 0 heterocycles. The Bertz CT molecular complexity index is 389. The highest BCUT2D eigenvalue weighted by Crippen LogP contribution is 2.15. The summed E-state index contributed by atoms with van der Waals surface area (Å²) in [4.78, 5) is 0. The van der Waals surface area contributed by atoms with Crippen molar-refractivity contribution < 1.29 is 10.2 Å². The Morgan fingerprint density at radius 2 is 1.94 bits per heavy atom. The van der Waals surface area contributed by atoms with Crippen molar-refractivity contribution in [1.82, 2.24) is 0 Å². The Labute approximate surface area is 113 Å². The van der Waals surface area contributed by atoms with E-state index in [1.165, 1.54) is 5.56 Å². The number of hydrogen-bond donors (Lipinski definition) is 2. The van der Waals surface area contributed by atoms with E-state index in [-0.39, 0.29) is 13.2 Å². The van der Waals surface area contributed by atoms with Crippen LogP contribution >= 0.6 is 11.8 Å². The molecule has 1 aromatic rings. The summed E-state index contributed by atoms with van der Waals surface area (Å²) in [6, 6.07) is 8.19. The first kappa shape index (κ1) is 15.1. The predicted molar refractivity (Wildman–Crippen MR) is 77.4 cm³/mol. The van der Waals surface area contributed by atoms with Gasteiger partial charge in [0.2, 0.25) is 0 Å². The maximum Gasteiger partial charge on any atom is 0.0540 e. The van der Waals surface area contributed by atoms with Crippen LogP contribution in [0.1, 0.15) is 24.5 Å². The van der Waals surface area contributed by atoms with Crippen molar-refractivity contribution in [2.75, 3.05) is 19.0 Å². The van der Waals surface area contributed by atoms with Crippen LogP contribution in [0.25, 0.3) is 0 Å². The molecular formula is C15H20O2S. The Kier molecular flexibility index (Phi) is 7.59. The fourth-order valence-electron chi connectivity index (χ4n) is 1.34. The quantitative estimate of drug-likeness (QED) is 0.775. The van der Waals surface area contributed by atoms with E-state index in [9.17, 15) is 0 Å². The van der Waals surface area contributed by atoms with Crippen molar-refractivity contribution in [3.8, 4) is 11.8 Å². The van der Waals surface area contributed by atoms with Crippen LogP contribution in [0.4, 0.5) is 0 Å². The van der Waals surface area contributed by atoms with E-state index in [2.05, 4.69) is 24.0 Å². The number of aliphatic hydroxyl groups is 2. The first-order valence-electron chi connectivity index (χ1n) is 6.13. The smallest absolute Gasteiger partial charge is 0.0540 e. The Morgan fingerprint density at radius 3 is 2.56 bits per heavy atom. The van der Waals surface area contributed by atoms with Crippen LogP contribution in [-0.2, 0) is 5.75 Å². The topological polar surface area (TPSA) is 40.5 Å². The summed E-state index contributed by atoms with van der Waals surface area (Å²) in [5.41, 5.74) is 2.26. The van der Waals surface area contributed by atoms with Gasteiger partial charge < -0.3 is 10.2 Å². The van der Waals surface area contributed by atoms with Crippen LogP contribution in [-0.4, -0.2) is 29.2 Å². The maximum absolute atomic E-state index is 8.92. The molecule has 1 unspecified atom stereocenters. The van der Waals surface area contributed by atoms with Gasteiger partial charge in [-0.25, -0.2) is 0 Å². The fraction of sp³-hybridized carbons (Fsp3) is 0.467. The zero-order valence-electron chi connectivity index (χ0n) is 10.7. The highest BCUT2D eigenvalue weighted by Gasteiger charge is 2.00. The lowest BCUT2D eigenvalue weighted by atomic mass is 10.1. The van der Waals surface area contributed by atoms with E-state index in [4.69, 9.17) is 10.2 Å². The molecule has 0 saturated carbocycles. The predicted octanol–water partition coefficient (Wildman–Crippen LogP) is 2.28. The second kappa shape index (κ2) is 9.04. The normalized spacial score (nSPS) is 11.7. The van der Waals surface area contributed by atoms with Crippen molar-refractivity contribution >= 4 is 11.8 Å². The molecule has 0 bridgehead atoms. The third-order valence-electron chi connectivity index (χ3n) is 2.41. The highest BCUT2D eigenvalue weighted by molar-refractivity contribution is 7.98. The summed E-state index contributed by atoms with van der Waals surface area (Å²) < 4.78 is 0. The molecule has 0 aliphatic carbocycles. The molecule has 2 N–H and O–H groups in total. The average molecular weight is 264 g/mol. The summed E-state index contributed by atoms with van der Waals surface area (Å²) in [7, 11) is 0. The molecule has 1 rings (SSSR count). The van der Waals surface area contributed by atoms with E-state index in [0.717, 1.165) is 17.1 Å². The van der Waals surface area contributed by atoms with Crippen molar-refractivity contribution in [2.24, 2.45) is 5.92 Å². The number of thioether (sulfide) groups is 1. The standard InChI is InChI=1S/C15H20O2S/c1-13(10-17)11-18-12-15-7-5-14(6-8-15)4-2-3-9-16/h5-8,13,16-17H,3,9-12H2,1H3. The van der Waals surface area contributed by atoms with Crippen molar-refractivity contribution in [2.45, 2.75) is 19.1 Å². The van der Waals surface area contributed by atoms with Gasteiger partial charge in [0.1, 0.15) is 0 Å². The van der Waals surface area contributed by atoms with Crippen LogP contribution in [0.15, 0.2) is 24.3 Å². The molecule has 2 nitrogen and oxygen atoms in total. The molecule has 0 saturated heterocycles. The molecule has 1 atom stereocenters. The van der Waals surface area contributed by atoms with Gasteiger partial charge in [-0.3, -0.25) is 0 Å².